The number of amides is 1. The van der Waals surface area contributed by atoms with Crippen LogP contribution < -0.4 is 14.5 Å². The number of nitrogens with zero attached hydrogens (tertiary/aromatic N) is 2. The molecular formula is C24H23Br2N3O4S. The fourth-order valence-electron chi connectivity index (χ4n) is 3.01. The van der Waals surface area contributed by atoms with Crippen molar-refractivity contribution in [1.29, 1.82) is 0 Å². The smallest absolute Gasteiger partial charge is 0.264 e. The molecule has 3 aromatic rings. The Kier molecular flexibility index (Phi) is 8.87. The zero-order valence-electron chi connectivity index (χ0n) is 18.5. The standard InChI is InChI=1S/C24H23Br2N3O4S/c1-3-33-22-11-9-21(10-12-22)29(34(31,32)23-13-7-19(25)8-14-23)16-24(30)28-27-17(2)18-5-4-6-20(26)15-18/h4-15H,3,16H2,1-2H3,(H,28,30)/b27-17-. The highest BCUT2D eigenvalue weighted by Crippen LogP contribution is 2.26. The van der Waals surface area contributed by atoms with E-state index in [4.69, 9.17) is 4.74 Å². The first kappa shape index (κ1) is 25.9. The minimum absolute atomic E-state index is 0.0613. The van der Waals surface area contributed by atoms with E-state index in [1.165, 1.54) is 12.1 Å². The van der Waals surface area contributed by atoms with Gasteiger partial charge in [0.25, 0.3) is 15.9 Å². The summed E-state index contributed by atoms with van der Waals surface area (Å²) >= 11 is 6.72. The van der Waals surface area contributed by atoms with Crippen molar-refractivity contribution in [1.82, 2.24) is 5.43 Å². The first-order chi connectivity index (χ1) is 16.2. The maximum absolute atomic E-state index is 13.4. The van der Waals surface area contributed by atoms with E-state index in [2.05, 4.69) is 42.4 Å². The molecule has 0 aliphatic heterocycles. The SMILES string of the molecule is CCOc1ccc(N(CC(=O)N/N=C(/C)c2cccc(Br)c2)S(=O)(=O)c2ccc(Br)cc2)cc1. The lowest BCUT2D eigenvalue weighted by molar-refractivity contribution is -0.119. The normalized spacial score (nSPS) is 11.7. The lowest BCUT2D eigenvalue weighted by atomic mass is 10.1. The maximum atomic E-state index is 13.4. The molecule has 1 amide bonds. The van der Waals surface area contributed by atoms with Crippen molar-refractivity contribution in [2.75, 3.05) is 17.5 Å². The van der Waals surface area contributed by atoms with Crippen molar-refractivity contribution in [2.45, 2.75) is 18.7 Å². The predicted molar refractivity (Wildman–Crippen MR) is 141 cm³/mol. The van der Waals surface area contributed by atoms with Crippen LogP contribution >= 0.6 is 31.9 Å². The van der Waals surface area contributed by atoms with Gasteiger partial charge in [-0.05, 0) is 80.1 Å². The average molecular weight is 609 g/mol. The van der Waals surface area contributed by atoms with Gasteiger partial charge in [-0.25, -0.2) is 13.8 Å². The van der Waals surface area contributed by atoms with E-state index in [0.29, 0.717) is 23.8 Å². The zero-order valence-corrected chi connectivity index (χ0v) is 22.5. The van der Waals surface area contributed by atoms with Crippen LogP contribution in [0, 0.1) is 0 Å². The van der Waals surface area contributed by atoms with E-state index in [1.54, 1.807) is 43.3 Å². The van der Waals surface area contributed by atoms with Crippen molar-refractivity contribution < 1.29 is 17.9 Å². The van der Waals surface area contributed by atoms with Gasteiger partial charge < -0.3 is 4.74 Å². The molecule has 0 aliphatic rings. The van der Waals surface area contributed by atoms with Crippen LogP contribution in [-0.2, 0) is 14.8 Å². The number of benzene rings is 3. The molecule has 0 aromatic heterocycles. The number of carbonyl (C=O) groups excluding carboxylic acids is 1. The molecule has 0 aliphatic carbocycles. The van der Waals surface area contributed by atoms with Crippen molar-refractivity contribution in [3.05, 3.63) is 87.3 Å². The Bertz CT molecular complexity index is 1280. The third kappa shape index (κ3) is 6.68. The van der Waals surface area contributed by atoms with Gasteiger partial charge in [0.05, 0.1) is 22.9 Å². The molecule has 0 heterocycles. The van der Waals surface area contributed by atoms with E-state index in [9.17, 15) is 13.2 Å². The van der Waals surface area contributed by atoms with Gasteiger partial charge in [-0.3, -0.25) is 9.10 Å². The molecule has 0 spiro atoms. The Labute approximate surface area is 216 Å². The Morgan fingerprint density at radius 3 is 2.29 bits per heavy atom. The van der Waals surface area contributed by atoms with Crippen molar-refractivity contribution in [3.8, 4) is 5.75 Å². The van der Waals surface area contributed by atoms with Gasteiger partial charge in [0, 0.05) is 8.95 Å². The largest absolute Gasteiger partial charge is 0.494 e. The molecule has 0 fully saturated rings. The van der Waals surface area contributed by atoms with Gasteiger partial charge in [-0.2, -0.15) is 5.10 Å². The number of anilines is 1. The van der Waals surface area contributed by atoms with E-state index in [0.717, 1.165) is 18.8 Å². The van der Waals surface area contributed by atoms with E-state index >= 15 is 0 Å². The molecule has 0 atom stereocenters. The minimum Gasteiger partial charge on any atom is -0.494 e. The van der Waals surface area contributed by atoms with E-state index in [1.807, 2.05) is 31.2 Å². The van der Waals surface area contributed by atoms with Crippen LogP contribution in [0.4, 0.5) is 5.69 Å². The summed E-state index contributed by atoms with van der Waals surface area (Å²) in [6, 6.07) is 20.2. The van der Waals surface area contributed by atoms with Crippen molar-refractivity contribution >= 4 is 59.2 Å². The van der Waals surface area contributed by atoms with Crippen LogP contribution in [0.15, 0.2) is 91.7 Å². The Morgan fingerprint density at radius 2 is 1.68 bits per heavy atom. The van der Waals surface area contributed by atoms with E-state index in [-0.39, 0.29) is 4.90 Å². The molecule has 0 radical (unpaired) electrons. The summed E-state index contributed by atoms with van der Waals surface area (Å²) in [6.45, 7) is 3.64. The van der Waals surface area contributed by atoms with Crippen molar-refractivity contribution in [3.63, 3.8) is 0 Å². The van der Waals surface area contributed by atoms with Crippen LogP contribution in [0.1, 0.15) is 19.4 Å². The molecule has 0 bridgehead atoms. The predicted octanol–water partition coefficient (Wildman–Crippen LogP) is 5.35. The average Bonchev–Trinajstić information content (AvgIpc) is 2.82. The summed E-state index contributed by atoms with van der Waals surface area (Å²) in [5.74, 6) is 0.0230. The second-order valence-electron chi connectivity index (χ2n) is 7.14. The van der Waals surface area contributed by atoms with Gasteiger partial charge >= 0.3 is 0 Å². The quantitative estimate of drug-likeness (QED) is 0.262. The third-order valence-corrected chi connectivity index (χ3v) is 7.53. The van der Waals surface area contributed by atoms with E-state index < -0.39 is 22.5 Å². The molecule has 10 heteroatoms. The van der Waals surface area contributed by atoms with Gasteiger partial charge in [0.2, 0.25) is 0 Å². The molecular weight excluding hydrogens is 586 g/mol. The number of halogens is 2. The highest BCUT2D eigenvalue weighted by atomic mass is 79.9. The highest BCUT2D eigenvalue weighted by Gasteiger charge is 2.27. The van der Waals surface area contributed by atoms with Crippen LogP contribution in [-0.4, -0.2) is 33.2 Å². The first-order valence-corrected chi connectivity index (χ1v) is 13.3. The molecule has 1 N–H and O–H groups in total. The Balaban J connectivity index is 1.88. The molecule has 7 nitrogen and oxygen atoms in total. The van der Waals surface area contributed by atoms with Crippen LogP contribution in [0.25, 0.3) is 0 Å². The number of hydrazone groups is 1. The van der Waals surface area contributed by atoms with Gasteiger partial charge in [0.1, 0.15) is 12.3 Å². The number of hydrogen-bond donors (Lipinski definition) is 1. The molecule has 0 saturated heterocycles. The Hall–Kier alpha value is -2.69. The Morgan fingerprint density at radius 1 is 1.00 bits per heavy atom. The molecule has 0 saturated carbocycles. The fraction of sp³-hybridized carbons (Fsp3) is 0.167. The summed E-state index contributed by atoms with van der Waals surface area (Å²) in [5, 5.41) is 4.14. The number of rotatable bonds is 9. The summed E-state index contributed by atoms with van der Waals surface area (Å²) in [5.41, 5.74) is 4.19. The topological polar surface area (TPSA) is 88.1 Å². The lowest BCUT2D eigenvalue weighted by Gasteiger charge is -2.24. The highest BCUT2D eigenvalue weighted by molar-refractivity contribution is 9.10. The van der Waals surface area contributed by atoms with Crippen LogP contribution in [0.5, 0.6) is 5.75 Å². The van der Waals surface area contributed by atoms with Crippen molar-refractivity contribution in [2.24, 2.45) is 5.10 Å². The maximum Gasteiger partial charge on any atom is 0.264 e. The number of hydrogen-bond acceptors (Lipinski definition) is 5. The number of carbonyl (C=O) groups is 1. The van der Waals surface area contributed by atoms with Crippen LogP contribution in [0.3, 0.4) is 0 Å². The summed E-state index contributed by atoms with van der Waals surface area (Å²) in [6.07, 6.45) is 0. The summed E-state index contributed by atoms with van der Waals surface area (Å²) < 4.78 is 35.0. The second-order valence-corrected chi connectivity index (χ2v) is 10.8. The second kappa shape index (κ2) is 11.6. The molecule has 34 heavy (non-hydrogen) atoms. The minimum atomic E-state index is -4.03. The number of sulfonamides is 1. The number of nitrogens with one attached hydrogen (secondary N) is 1. The monoisotopic (exact) mass is 607 g/mol. The molecule has 3 aromatic carbocycles. The zero-order chi connectivity index (χ0) is 24.7. The van der Waals surface area contributed by atoms with Gasteiger partial charge in [-0.1, -0.05) is 44.0 Å². The third-order valence-electron chi connectivity index (χ3n) is 4.72. The lowest BCUT2D eigenvalue weighted by Crippen LogP contribution is -2.39. The van der Waals surface area contributed by atoms with Gasteiger partial charge in [-0.15, -0.1) is 0 Å². The molecule has 0 unspecified atom stereocenters. The molecule has 3 rings (SSSR count). The fourth-order valence-corrected chi connectivity index (χ4v) is 5.10. The first-order valence-electron chi connectivity index (χ1n) is 10.3. The summed E-state index contributed by atoms with van der Waals surface area (Å²) in [7, 11) is -4.03. The molecule has 178 valence electrons. The number of ether oxygens (including phenoxy) is 1. The van der Waals surface area contributed by atoms with Gasteiger partial charge in [0.15, 0.2) is 0 Å². The summed E-state index contributed by atoms with van der Waals surface area (Å²) in [4.78, 5) is 12.8. The van der Waals surface area contributed by atoms with Crippen LogP contribution in [0.2, 0.25) is 0 Å².